The van der Waals surface area contributed by atoms with Crippen LogP contribution in [0, 0.1) is 0 Å². The summed E-state index contributed by atoms with van der Waals surface area (Å²) in [5, 5.41) is 8.44. The molecule has 3 rings (SSSR count). The van der Waals surface area contributed by atoms with Gasteiger partial charge in [0.1, 0.15) is 22.9 Å². The highest BCUT2D eigenvalue weighted by Crippen LogP contribution is 2.32. The number of pyridine rings is 1. The fourth-order valence-corrected chi connectivity index (χ4v) is 2.38. The van der Waals surface area contributed by atoms with Crippen LogP contribution in [-0.2, 0) is 6.54 Å². The standard InChI is InChI=1S/C16H17N5O2/c1-22-12-3-4-15(23-2)14(9-12)21-16(13(10-17)19-20-21)11-5-7-18-8-6-11/h3-9H,10,17H2,1-2H3. The number of aromatic nitrogens is 4. The van der Waals surface area contributed by atoms with E-state index in [1.54, 1.807) is 31.3 Å². The number of nitrogens with two attached hydrogens (primary N) is 1. The molecule has 2 aromatic heterocycles. The summed E-state index contributed by atoms with van der Waals surface area (Å²) in [4.78, 5) is 4.05. The van der Waals surface area contributed by atoms with Gasteiger partial charge in [0, 0.05) is 30.6 Å². The number of benzene rings is 1. The highest BCUT2D eigenvalue weighted by molar-refractivity contribution is 5.65. The first-order valence-electron chi connectivity index (χ1n) is 7.06. The van der Waals surface area contributed by atoms with E-state index in [2.05, 4.69) is 15.3 Å². The highest BCUT2D eigenvalue weighted by atomic mass is 16.5. The lowest BCUT2D eigenvalue weighted by atomic mass is 10.1. The van der Waals surface area contributed by atoms with E-state index in [0.29, 0.717) is 17.2 Å². The lowest BCUT2D eigenvalue weighted by molar-refractivity contribution is 0.400. The van der Waals surface area contributed by atoms with Crippen molar-refractivity contribution < 1.29 is 9.47 Å². The third-order valence-corrected chi connectivity index (χ3v) is 3.50. The highest BCUT2D eigenvalue weighted by Gasteiger charge is 2.18. The van der Waals surface area contributed by atoms with Crippen molar-refractivity contribution in [1.82, 2.24) is 20.0 Å². The molecular weight excluding hydrogens is 294 g/mol. The number of rotatable bonds is 5. The van der Waals surface area contributed by atoms with Crippen molar-refractivity contribution in [2.24, 2.45) is 5.73 Å². The van der Waals surface area contributed by atoms with Gasteiger partial charge in [-0.25, -0.2) is 4.68 Å². The van der Waals surface area contributed by atoms with E-state index in [1.165, 1.54) is 0 Å². The van der Waals surface area contributed by atoms with Gasteiger partial charge in [-0.1, -0.05) is 5.21 Å². The van der Waals surface area contributed by atoms with Crippen molar-refractivity contribution >= 4 is 0 Å². The van der Waals surface area contributed by atoms with E-state index in [4.69, 9.17) is 15.2 Å². The quantitative estimate of drug-likeness (QED) is 0.773. The van der Waals surface area contributed by atoms with Gasteiger partial charge in [-0.3, -0.25) is 4.98 Å². The molecule has 7 heteroatoms. The Hall–Kier alpha value is -2.93. The van der Waals surface area contributed by atoms with Gasteiger partial charge in [-0.05, 0) is 24.3 Å². The minimum Gasteiger partial charge on any atom is -0.497 e. The summed E-state index contributed by atoms with van der Waals surface area (Å²) >= 11 is 0. The summed E-state index contributed by atoms with van der Waals surface area (Å²) in [6, 6.07) is 9.28. The Morgan fingerprint density at radius 1 is 1.09 bits per heavy atom. The first kappa shape index (κ1) is 15.0. The monoisotopic (exact) mass is 311 g/mol. The maximum absolute atomic E-state index is 5.82. The van der Waals surface area contributed by atoms with Crippen molar-refractivity contribution in [2.75, 3.05) is 14.2 Å². The fourth-order valence-electron chi connectivity index (χ4n) is 2.38. The molecule has 0 aliphatic heterocycles. The normalized spacial score (nSPS) is 10.6. The zero-order valence-corrected chi connectivity index (χ0v) is 12.9. The summed E-state index contributed by atoms with van der Waals surface area (Å²) in [5.74, 6) is 1.36. The van der Waals surface area contributed by atoms with Crippen LogP contribution < -0.4 is 15.2 Å². The van der Waals surface area contributed by atoms with Crippen LogP contribution in [0.2, 0.25) is 0 Å². The molecular formula is C16H17N5O2. The molecule has 0 amide bonds. The molecule has 0 saturated carbocycles. The van der Waals surface area contributed by atoms with Gasteiger partial charge in [-0.15, -0.1) is 5.10 Å². The Balaban J connectivity index is 2.24. The van der Waals surface area contributed by atoms with E-state index in [9.17, 15) is 0 Å². The van der Waals surface area contributed by atoms with Crippen LogP contribution in [0.4, 0.5) is 0 Å². The predicted octanol–water partition coefficient (Wildman–Crippen LogP) is 1.81. The number of nitrogens with zero attached hydrogens (tertiary/aromatic N) is 4. The van der Waals surface area contributed by atoms with Gasteiger partial charge < -0.3 is 15.2 Å². The molecule has 0 atom stereocenters. The largest absolute Gasteiger partial charge is 0.497 e. The predicted molar refractivity (Wildman–Crippen MR) is 85.6 cm³/mol. The zero-order valence-electron chi connectivity index (χ0n) is 12.9. The Morgan fingerprint density at radius 3 is 2.52 bits per heavy atom. The van der Waals surface area contributed by atoms with Crippen LogP contribution in [0.15, 0.2) is 42.7 Å². The van der Waals surface area contributed by atoms with Gasteiger partial charge in [0.25, 0.3) is 0 Å². The first-order chi connectivity index (χ1) is 11.3. The Kier molecular flexibility index (Phi) is 4.20. The second-order valence-electron chi connectivity index (χ2n) is 4.77. The van der Waals surface area contributed by atoms with Crippen molar-refractivity contribution in [3.8, 4) is 28.4 Å². The molecule has 0 radical (unpaired) electrons. The number of methoxy groups -OCH3 is 2. The lowest BCUT2D eigenvalue weighted by Gasteiger charge is -2.13. The van der Waals surface area contributed by atoms with Gasteiger partial charge in [0.05, 0.1) is 19.9 Å². The molecule has 0 aliphatic carbocycles. The van der Waals surface area contributed by atoms with Crippen LogP contribution in [0.1, 0.15) is 5.69 Å². The fraction of sp³-hybridized carbons (Fsp3) is 0.188. The summed E-state index contributed by atoms with van der Waals surface area (Å²) in [6.07, 6.45) is 3.44. The van der Waals surface area contributed by atoms with Crippen LogP contribution in [0.25, 0.3) is 16.9 Å². The summed E-state index contributed by atoms with van der Waals surface area (Å²) in [6.45, 7) is 0.282. The van der Waals surface area contributed by atoms with Crippen LogP contribution in [0.3, 0.4) is 0 Å². The molecule has 2 N–H and O–H groups in total. The minimum absolute atomic E-state index is 0.282. The third kappa shape index (κ3) is 2.74. The molecule has 7 nitrogen and oxygen atoms in total. The maximum atomic E-state index is 5.82. The summed E-state index contributed by atoms with van der Waals surface area (Å²) in [5.41, 5.74) is 8.97. The molecule has 0 fully saturated rings. The molecule has 0 saturated heterocycles. The molecule has 3 aromatic rings. The number of ether oxygens (including phenoxy) is 2. The van der Waals surface area contributed by atoms with E-state index >= 15 is 0 Å². The third-order valence-electron chi connectivity index (χ3n) is 3.50. The summed E-state index contributed by atoms with van der Waals surface area (Å²) < 4.78 is 12.5. The molecule has 0 aliphatic rings. The van der Waals surface area contributed by atoms with E-state index in [-0.39, 0.29) is 6.54 Å². The SMILES string of the molecule is COc1ccc(OC)c(-n2nnc(CN)c2-c2ccncc2)c1. The molecule has 0 unspecified atom stereocenters. The van der Waals surface area contributed by atoms with Gasteiger partial charge in [0.15, 0.2) is 0 Å². The van der Waals surface area contributed by atoms with E-state index in [0.717, 1.165) is 16.9 Å². The van der Waals surface area contributed by atoms with Crippen LogP contribution >= 0.6 is 0 Å². The Labute approximate surface area is 133 Å². The van der Waals surface area contributed by atoms with Crippen molar-refractivity contribution in [2.45, 2.75) is 6.54 Å². The average Bonchev–Trinajstić information content (AvgIpc) is 3.05. The lowest BCUT2D eigenvalue weighted by Crippen LogP contribution is -2.04. The van der Waals surface area contributed by atoms with E-state index in [1.807, 2.05) is 30.3 Å². The van der Waals surface area contributed by atoms with Crippen LogP contribution in [0.5, 0.6) is 11.5 Å². The van der Waals surface area contributed by atoms with Crippen molar-refractivity contribution in [1.29, 1.82) is 0 Å². The molecule has 2 heterocycles. The maximum Gasteiger partial charge on any atom is 0.144 e. The molecule has 118 valence electrons. The molecule has 23 heavy (non-hydrogen) atoms. The smallest absolute Gasteiger partial charge is 0.144 e. The molecule has 0 bridgehead atoms. The van der Waals surface area contributed by atoms with Crippen molar-refractivity contribution in [3.63, 3.8) is 0 Å². The minimum atomic E-state index is 0.282. The Bertz CT molecular complexity index is 801. The first-order valence-corrected chi connectivity index (χ1v) is 7.06. The van der Waals surface area contributed by atoms with Gasteiger partial charge in [0.2, 0.25) is 0 Å². The van der Waals surface area contributed by atoms with E-state index < -0.39 is 0 Å². The topological polar surface area (TPSA) is 88.1 Å². The van der Waals surface area contributed by atoms with Crippen molar-refractivity contribution in [3.05, 3.63) is 48.4 Å². The zero-order chi connectivity index (χ0) is 16.2. The van der Waals surface area contributed by atoms with Gasteiger partial charge >= 0.3 is 0 Å². The summed E-state index contributed by atoms with van der Waals surface area (Å²) in [7, 11) is 3.22. The van der Waals surface area contributed by atoms with Gasteiger partial charge in [-0.2, -0.15) is 0 Å². The Morgan fingerprint density at radius 2 is 1.87 bits per heavy atom. The average molecular weight is 311 g/mol. The number of hydrogen-bond acceptors (Lipinski definition) is 6. The second kappa shape index (κ2) is 6.45. The molecule has 0 spiro atoms. The second-order valence-corrected chi connectivity index (χ2v) is 4.77. The van der Waals surface area contributed by atoms with Crippen LogP contribution in [-0.4, -0.2) is 34.2 Å². The molecule has 1 aromatic carbocycles. The number of hydrogen-bond donors (Lipinski definition) is 1.